The molecule has 4 aromatic rings. The van der Waals surface area contributed by atoms with Crippen molar-refractivity contribution in [1.82, 2.24) is 29.7 Å². The molecule has 0 N–H and O–H groups in total. The number of benzene rings is 1. The maximum absolute atomic E-state index is 4.33. The summed E-state index contributed by atoms with van der Waals surface area (Å²) in [5.41, 5.74) is 3.60. The highest BCUT2D eigenvalue weighted by Gasteiger charge is 2.10. The van der Waals surface area contributed by atoms with Gasteiger partial charge in [-0.15, -0.1) is 5.10 Å². The molecule has 0 spiro atoms. The predicted molar refractivity (Wildman–Crippen MR) is 65.0 cm³/mol. The zero-order valence-electron chi connectivity index (χ0n) is 9.30. The van der Waals surface area contributed by atoms with Crippen LogP contribution in [0.1, 0.15) is 0 Å². The van der Waals surface area contributed by atoms with Gasteiger partial charge in [-0.1, -0.05) is 30.3 Å². The number of fused-ring (bicyclic) bond motifs is 3. The van der Waals surface area contributed by atoms with Crippen LogP contribution in [-0.4, -0.2) is 29.7 Å². The summed E-state index contributed by atoms with van der Waals surface area (Å²) >= 11 is 0. The Balaban J connectivity index is 2.17. The van der Waals surface area contributed by atoms with E-state index in [4.69, 9.17) is 0 Å². The zero-order valence-corrected chi connectivity index (χ0v) is 9.30. The van der Waals surface area contributed by atoms with E-state index < -0.39 is 0 Å². The molecule has 0 saturated heterocycles. The summed E-state index contributed by atoms with van der Waals surface area (Å²) in [6.45, 7) is 0. The van der Waals surface area contributed by atoms with Gasteiger partial charge in [0.15, 0.2) is 11.3 Å². The first kappa shape index (κ1) is 9.29. The van der Waals surface area contributed by atoms with Crippen LogP contribution >= 0.6 is 0 Å². The normalized spacial score (nSPS) is 11.3. The lowest BCUT2D eigenvalue weighted by atomic mass is 10.1. The van der Waals surface area contributed by atoms with E-state index in [1.54, 1.807) is 10.7 Å². The highest BCUT2D eigenvalue weighted by Crippen LogP contribution is 2.21. The van der Waals surface area contributed by atoms with Crippen molar-refractivity contribution in [3.63, 3.8) is 0 Å². The molecule has 0 unspecified atom stereocenters. The zero-order chi connectivity index (χ0) is 11.9. The van der Waals surface area contributed by atoms with Gasteiger partial charge < -0.3 is 0 Å². The largest absolute Gasteiger partial charge is 0.214 e. The predicted octanol–water partition coefficient (Wildman–Crippen LogP) is 1.44. The average molecular weight is 236 g/mol. The molecule has 4 rings (SSSR count). The minimum Gasteiger partial charge on any atom is -0.214 e. The van der Waals surface area contributed by atoms with Crippen molar-refractivity contribution < 1.29 is 0 Å². The van der Waals surface area contributed by atoms with Crippen LogP contribution in [0.25, 0.3) is 22.6 Å². The van der Waals surface area contributed by atoms with Gasteiger partial charge in [-0.2, -0.15) is 9.61 Å². The SMILES string of the molecule is c1ccc(-c2cc3nnnn3c3ccnn23)cc1. The van der Waals surface area contributed by atoms with Crippen LogP contribution in [0.3, 0.4) is 0 Å². The molecule has 6 nitrogen and oxygen atoms in total. The second kappa shape index (κ2) is 3.36. The number of aromatic nitrogens is 6. The molecule has 0 atom stereocenters. The van der Waals surface area contributed by atoms with Crippen LogP contribution < -0.4 is 0 Å². The molecule has 0 aliphatic rings. The fraction of sp³-hybridized carbons (Fsp3) is 0. The molecular formula is C12H8N6. The van der Waals surface area contributed by atoms with Gasteiger partial charge in [-0.05, 0) is 10.4 Å². The van der Waals surface area contributed by atoms with Gasteiger partial charge in [0.05, 0.1) is 11.9 Å². The average Bonchev–Trinajstić information content (AvgIpc) is 3.06. The van der Waals surface area contributed by atoms with E-state index in [0.29, 0.717) is 5.65 Å². The monoisotopic (exact) mass is 236 g/mol. The van der Waals surface area contributed by atoms with E-state index in [-0.39, 0.29) is 0 Å². The molecule has 18 heavy (non-hydrogen) atoms. The van der Waals surface area contributed by atoms with Gasteiger partial charge in [-0.3, -0.25) is 0 Å². The van der Waals surface area contributed by atoms with Crippen molar-refractivity contribution >= 4 is 11.3 Å². The van der Waals surface area contributed by atoms with Crippen LogP contribution in [0.2, 0.25) is 0 Å². The third-order valence-corrected chi connectivity index (χ3v) is 2.90. The first-order valence-corrected chi connectivity index (χ1v) is 5.54. The minimum absolute atomic E-state index is 0.710. The van der Waals surface area contributed by atoms with Crippen LogP contribution in [0.5, 0.6) is 0 Å². The van der Waals surface area contributed by atoms with Gasteiger partial charge in [0.25, 0.3) is 0 Å². The van der Waals surface area contributed by atoms with Crippen molar-refractivity contribution in [3.05, 3.63) is 48.7 Å². The van der Waals surface area contributed by atoms with Crippen molar-refractivity contribution in [2.45, 2.75) is 0 Å². The number of tetrazole rings is 1. The molecule has 0 aliphatic carbocycles. The Bertz CT molecular complexity index is 829. The topological polar surface area (TPSA) is 60.4 Å². The molecule has 1 aromatic carbocycles. The third kappa shape index (κ3) is 1.17. The van der Waals surface area contributed by atoms with E-state index in [1.165, 1.54) is 0 Å². The molecule has 0 fully saturated rings. The minimum atomic E-state index is 0.710. The summed E-state index contributed by atoms with van der Waals surface area (Å²) in [4.78, 5) is 0. The summed E-state index contributed by atoms with van der Waals surface area (Å²) in [5.74, 6) is 0. The first-order chi connectivity index (χ1) is 8.93. The Morgan fingerprint density at radius 1 is 0.944 bits per heavy atom. The third-order valence-electron chi connectivity index (χ3n) is 2.90. The van der Waals surface area contributed by atoms with Crippen LogP contribution in [0.4, 0.5) is 0 Å². The molecule has 3 aromatic heterocycles. The van der Waals surface area contributed by atoms with Crippen molar-refractivity contribution in [2.24, 2.45) is 0 Å². The summed E-state index contributed by atoms with van der Waals surface area (Å²) in [6, 6.07) is 13.9. The van der Waals surface area contributed by atoms with E-state index in [0.717, 1.165) is 16.9 Å². The Labute approximate surface area is 101 Å². The fourth-order valence-electron chi connectivity index (χ4n) is 2.09. The van der Waals surface area contributed by atoms with Crippen molar-refractivity contribution in [3.8, 4) is 11.3 Å². The van der Waals surface area contributed by atoms with E-state index in [1.807, 2.05) is 47.0 Å². The molecule has 0 amide bonds. The molecule has 6 heteroatoms. The number of rotatable bonds is 1. The van der Waals surface area contributed by atoms with Gasteiger partial charge in [-0.25, -0.2) is 4.52 Å². The Morgan fingerprint density at radius 2 is 1.83 bits per heavy atom. The summed E-state index contributed by atoms with van der Waals surface area (Å²) < 4.78 is 3.50. The maximum atomic E-state index is 4.33. The standard InChI is InChI=1S/C12H8N6/c1-2-4-9(5-3-1)10-8-11-14-15-16-18(11)12-6-7-13-17(10)12/h1-8H. The number of nitrogens with zero attached hydrogens (tertiary/aromatic N) is 6. The Hall–Kier alpha value is -2.76. The van der Waals surface area contributed by atoms with Gasteiger partial charge >= 0.3 is 0 Å². The van der Waals surface area contributed by atoms with E-state index in [9.17, 15) is 0 Å². The van der Waals surface area contributed by atoms with E-state index >= 15 is 0 Å². The van der Waals surface area contributed by atoms with Crippen LogP contribution in [0.15, 0.2) is 48.7 Å². The summed E-state index contributed by atoms with van der Waals surface area (Å²) in [6.07, 6.45) is 1.74. The molecule has 0 saturated carbocycles. The quantitative estimate of drug-likeness (QED) is 0.501. The highest BCUT2D eigenvalue weighted by molar-refractivity contribution is 5.67. The smallest absolute Gasteiger partial charge is 0.183 e. The van der Waals surface area contributed by atoms with Crippen molar-refractivity contribution in [1.29, 1.82) is 0 Å². The fourth-order valence-corrected chi connectivity index (χ4v) is 2.09. The van der Waals surface area contributed by atoms with Crippen LogP contribution in [0, 0.1) is 0 Å². The summed E-state index contributed by atoms with van der Waals surface area (Å²) in [7, 11) is 0. The molecule has 3 heterocycles. The second-order valence-corrected chi connectivity index (χ2v) is 3.95. The first-order valence-electron chi connectivity index (χ1n) is 5.54. The number of hydrogen-bond acceptors (Lipinski definition) is 4. The molecule has 0 aliphatic heterocycles. The van der Waals surface area contributed by atoms with E-state index in [2.05, 4.69) is 20.6 Å². The van der Waals surface area contributed by atoms with Crippen LogP contribution in [-0.2, 0) is 0 Å². The van der Waals surface area contributed by atoms with Gasteiger partial charge in [0.1, 0.15) is 0 Å². The van der Waals surface area contributed by atoms with Gasteiger partial charge in [0.2, 0.25) is 0 Å². The molecule has 0 bridgehead atoms. The lowest BCUT2D eigenvalue weighted by Gasteiger charge is -2.05. The lowest BCUT2D eigenvalue weighted by Crippen LogP contribution is -2.00. The maximum Gasteiger partial charge on any atom is 0.183 e. The second-order valence-electron chi connectivity index (χ2n) is 3.95. The highest BCUT2D eigenvalue weighted by atomic mass is 15.5. The van der Waals surface area contributed by atoms with Gasteiger partial charge in [0, 0.05) is 17.7 Å². The summed E-state index contributed by atoms with van der Waals surface area (Å²) in [5, 5.41) is 16.0. The molecule has 0 radical (unpaired) electrons. The molecule has 86 valence electrons. The number of hydrogen-bond donors (Lipinski definition) is 0. The Kier molecular flexibility index (Phi) is 1.74. The lowest BCUT2D eigenvalue weighted by molar-refractivity contribution is 0.816. The van der Waals surface area contributed by atoms with Crippen molar-refractivity contribution in [2.75, 3.05) is 0 Å². The Morgan fingerprint density at radius 3 is 2.72 bits per heavy atom. The molecular weight excluding hydrogens is 228 g/mol.